The van der Waals surface area contributed by atoms with Crippen molar-refractivity contribution in [3.63, 3.8) is 0 Å². The average molecular weight is 558 g/mol. The molecule has 2 aliphatic heterocycles. The van der Waals surface area contributed by atoms with Gasteiger partial charge in [-0.15, -0.1) is 0 Å². The minimum Gasteiger partial charge on any atom is -0.345 e. The number of carbonyl (C=O) groups is 2. The molecule has 2 saturated heterocycles. The molecule has 5 nitrogen and oxygen atoms in total. The van der Waals surface area contributed by atoms with E-state index >= 15 is 0 Å². The number of amides is 2. The zero-order valence-electron chi connectivity index (χ0n) is 20.5. The number of hydrogen-bond acceptors (Lipinski definition) is 3. The van der Waals surface area contributed by atoms with Crippen LogP contribution < -0.4 is 5.32 Å². The highest BCUT2D eigenvalue weighted by atomic mass is 35.5. The van der Waals surface area contributed by atoms with Crippen LogP contribution in [0.15, 0.2) is 66.7 Å². The monoisotopic (exact) mass is 557 g/mol. The molecular formula is C29H27Cl2F2N3O2. The van der Waals surface area contributed by atoms with Gasteiger partial charge in [-0.25, -0.2) is 8.78 Å². The Morgan fingerprint density at radius 3 is 2.26 bits per heavy atom. The Balaban J connectivity index is 1.20. The molecule has 0 aliphatic carbocycles. The van der Waals surface area contributed by atoms with Crippen molar-refractivity contribution in [1.82, 2.24) is 15.1 Å². The Morgan fingerprint density at radius 1 is 0.895 bits per heavy atom. The number of nitrogens with zero attached hydrogens (tertiary/aromatic N) is 2. The van der Waals surface area contributed by atoms with Gasteiger partial charge in [0.25, 0.3) is 11.8 Å². The molecule has 2 fully saturated rings. The topological polar surface area (TPSA) is 52.7 Å². The molecule has 2 aliphatic rings. The molecule has 0 radical (unpaired) electrons. The maximum Gasteiger partial charge on any atom is 0.258 e. The van der Waals surface area contributed by atoms with Crippen molar-refractivity contribution >= 4 is 35.0 Å². The van der Waals surface area contributed by atoms with E-state index < -0.39 is 11.6 Å². The van der Waals surface area contributed by atoms with Crippen molar-refractivity contribution in [2.75, 3.05) is 32.7 Å². The van der Waals surface area contributed by atoms with Crippen molar-refractivity contribution in [3.05, 3.63) is 105 Å². The first-order valence-electron chi connectivity index (χ1n) is 12.6. The number of rotatable bonds is 7. The van der Waals surface area contributed by atoms with Gasteiger partial charge in [-0.1, -0.05) is 59.6 Å². The van der Waals surface area contributed by atoms with Crippen LogP contribution in [0.5, 0.6) is 0 Å². The summed E-state index contributed by atoms with van der Waals surface area (Å²) >= 11 is 12.2. The molecule has 3 aromatic rings. The summed E-state index contributed by atoms with van der Waals surface area (Å²) in [4.78, 5) is 30.0. The Hall–Kier alpha value is -3.00. The minimum atomic E-state index is -0.600. The smallest absolute Gasteiger partial charge is 0.258 e. The molecule has 3 atom stereocenters. The highest BCUT2D eigenvalue weighted by molar-refractivity contribution is 6.34. The van der Waals surface area contributed by atoms with Crippen LogP contribution in [0.2, 0.25) is 10.0 Å². The first-order valence-corrected chi connectivity index (χ1v) is 13.3. The Kier molecular flexibility index (Phi) is 7.98. The first-order chi connectivity index (χ1) is 18.3. The summed E-state index contributed by atoms with van der Waals surface area (Å²) in [6.45, 7) is 3.51. The lowest BCUT2D eigenvalue weighted by molar-refractivity contribution is 0.0769. The maximum atomic E-state index is 14.3. The summed E-state index contributed by atoms with van der Waals surface area (Å²) in [5, 5.41) is 3.26. The number of halogens is 4. The van der Waals surface area contributed by atoms with Crippen molar-refractivity contribution in [1.29, 1.82) is 0 Å². The third kappa shape index (κ3) is 5.70. The molecule has 0 aromatic heterocycles. The quantitative estimate of drug-likeness (QED) is 0.397. The van der Waals surface area contributed by atoms with E-state index in [2.05, 4.69) is 10.2 Å². The summed E-state index contributed by atoms with van der Waals surface area (Å²) in [7, 11) is 0. The molecule has 9 heteroatoms. The lowest BCUT2D eigenvalue weighted by Gasteiger charge is -2.25. The summed E-state index contributed by atoms with van der Waals surface area (Å²) in [6.07, 6.45) is 0.668. The molecule has 0 saturated carbocycles. The van der Waals surface area contributed by atoms with Gasteiger partial charge in [-0.2, -0.15) is 0 Å². The summed E-state index contributed by atoms with van der Waals surface area (Å²) in [5.74, 6) is -1.22. The normalized spacial score (nSPS) is 19.8. The third-order valence-corrected chi connectivity index (χ3v) is 8.07. The number of fused-ring (bicyclic) bond motifs is 1. The van der Waals surface area contributed by atoms with Gasteiger partial charge in [0.1, 0.15) is 11.6 Å². The number of hydrogen-bond donors (Lipinski definition) is 1. The fraction of sp³-hybridized carbons (Fsp3) is 0.310. The van der Waals surface area contributed by atoms with Crippen molar-refractivity contribution < 1.29 is 18.4 Å². The fourth-order valence-corrected chi connectivity index (χ4v) is 6.02. The lowest BCUT2D eigenvalue weighted by atomic mass is 10.0. The Labute approximate surface area is 230 Å². The highest BCUT2D eigenvalue weighted by Gasteiger charge is 2.42. The number of benzene rings is 3. The third-order valence-electron chi connectivity index (χ3n) is 7.44. The maximum absolute atomic E-state index is 14.3. The van der Waals surface area contributed by atoms with Gasteiger partial charge >= 0.3 is 0 Å². The van der Waals surface area contributed by atoms with E-state index in [1.165, 1.54) is 30.3 Å². The van der Waals surface area contributed by atoms with Gasteiger partial charge in [0.2, 0.25) is 0 Å². The minimum absolute atomic E-state index is 0.0614. The second kappa shape index (κ2) is 11.4. The molecule has 38 heavy (non-hydrogen) atoms. The SMILES string of the molecule is O=C(NC(CCN1CC2CN(C(=O)c3c(F)cccc3Cl)C[C@@H]2C1)c1ccccc1)c1ccc(F)cc1Cl. The highest BCUT2D eigenvalue weighted by Crippen LogP contribution is 2.34. The standard InChI is InChI=1S/C29H27Cl2F2N3O2/c30-23-7-4-8-25(33)27(23)29(38)36-16-19-14-35(15-20(19)17-36)12-11-26(18-5-2-1-3-6-18)34-28(37)22-10-9-21(32)13-24(22)31/h1-10,13,19-20,26H,11-12,14-17H2,(H,34,37)/t19-,20?,26?/m0/s1. The van der Waals surface area contributed by atoms with Crippen molar-refractivity contribution in [2.45, 2.75) is 12.5 Å². The number of likely N-dealkylation sites (tertiary alicyclic amines) is 2. The summed E-state index contributed by atoms with van der Waals surface area (Å²) < 4.78 is 27.7. The van der Waals surface area contributed by atoms with Crippen molar-refractivity contribution in [3.8, 4) is 0 Å². The van der Waals surface area contributed by atoms with Crippen molar-refractivity contribution in [2.24, 2.45) is 11.8 Å². The van der Waals surface area contributed by atoms with Gasteiger partial charge in [0.15, 0.2) is 0 Å². The molecule has 2 unspecified atom stereocenters. The second-order valence-corrected chi connectivity index (χ2v) is 10.8. The fourth-order valence-electron chi connectivity index (χ4n) is 5.53. The second-order valence-electron chi connectivity index (χ2n) is 9.94. The zero-order chi connectivity index (χ0) is 26.8. The molecule has 198 valence electrons. The number of carbonyl (C=O) groups excluding carboxylic acids is 2. The predicted molar refractivity (Wildman–Crippen MR) is 143 cm³/mol. The molecule has 2 amide bonds. The van der Waals surface area contributed by atoms with Crippen LogP contribution in [0.3, 0.4) is 0 Å². The van der Waals surface area contributed by atoms with E-state index in [-0.39, 0.29) is 39.0 Å². The van der Waals surface area contributed by atoms with Crippen LogP contribution >= 0.6 is 23.2 Å². The lowest BCUT2D eigenvalue weighted by Crippen LogP contribution is -2.35. The van der Waals surface area contributed by atoms with E-state index in [0.717, 1.165) is 31.3 Å². The molecule has 3 aromatic carbocycles. The molecular weight excluding hydrogens is 531 g/mol. The number of nitrogens with one attached hydrogen (secondary N) is 1. The van der Waals surface area contributed by atoms with E-state index in [1.54, 1.807) is 4.90 Å². The van der Waals surface area contributed by atoms with E-state index in [9.17, 15) is 18.4 Å². The van der Waals surface area contributed by atoms with Crippen LogP contribution in [-0.4, -0.2) is 54.3 Å². The van der Waals surface area contributed by atoms with Crippen LogP contribution in [-0.2, 0) is 0 Å². The van der Waals surface area contributed by atoms with Gasteiger partial charge in [0.05, 0.1) is 27.2 Å². The van der Waals surface area contributed by atoms with Gasteiger partial charge in [0, 0.05) is 32.7 Å². The molecule has 5 rings (SSSR count). The predicted octanol–water partition coefficient (Wildman–Crippen LogP) is 5.84. The largest absolute Gasteiger partial charge is 0.345 e. The van der Waals surface area contributed by atoms with E-state index in [0.29, 0.717) is 31.3 Å². The molecule has 0 spiro atoms. The van der Waals surface area contributed by atoms with E-state index in [1.807, 2.05) is 30.3 Å². The van der Waals surface area contributed by atoms with Crippen LogP contribution in [0, 0.1) is 23.5 Å². The van der Waals surface area contributed by atoms with Crippen LogP contribution in [0.4, 0.5) is 8.78 Å². The summed E-state index contributed by atoms with van der Waals surface area (Å²) in [5.41, 5.74) is 1.13. The molecule has 1 N–H and O–H groups in total. The summed E-state index contributed by atoms with van der Waals surface area (Å²) in [6, 6.07) is 17.4. The van der Waals surface area contributed by atoms with E-state index in [4.69, 9.17) is 23.2 Å². The van der Waals surface area contributed by atoms with Crippen LogP contribution in [0.25, 0.3) is 0 Å². The Bertz CT molecular complexity index is 1310. The van der Waals surface area contributed by atoms with Gasteiger partial charge < -0.3 is 15.1 Å². The van der Waals surface area contributed by atoms with Gasteiger partial charge in [-0.3, -0.25) is 9.59 Å². The molecule has 0 bridgehead atoms. The Morgan fingerprint density at radius 2 is 1.61 bits per heavy atom. The average Bonchev–Trinajstić information content (AvgIpc) is 3.46. The molecule has 2 heterocycles. The van der Waals surface area contributed by atoms with Gasteiger partial charge in [-0.05, 0) is 54.2 Å². The van der Waals surface area contributed by atoms with Crippen LogP contribution in [0.1, 0.15) is 38.7 Å². The zero-order valence-corrected chi connectivity index (χ0v) is 22.1. The first kappa shape index (κ1) is 26.6.